The first-order valence-corrected chi connectivity index (χ1v) is 13.0. The number of ketones is 2. The molecule has 2 atom stereocenters. The fourth-order valence-electron chi connectivity index (χ4n) is 4.27. The Hall–Kier alpha value is -2.12. The Morgan fingerprint density at radius 1 is 0.882 bits per heavy atom. The topological polar surface area (TPSA) is 52.6 Å². The number of ether oxygens (including phenoxy) is 2. The molecule has 0 saturated carbocycles. The van der Waals surface area contributed by atoms with Gasteiger partial charge in [-0.15, -0.1) is 0 Å². The molecule has 6 heteroatoms. The highest BCUT2D eigenvalue weighted by Gasteiger charge is 2.60. The van der Waals surface area contributed by atoms with Gasteiger partial charge >= 0.3 is 0 Å². The SMILES string of the molecule is CCCCOC1CC(c2ccccc2)OC1(C(=O)c1ccc(Br)cc1)C(=O)c1ccc(Br)cc1. The lowest BCUT2D eigenvalue weighted by molar-refractivity contribution is -0.0602. The van der Waals surface area contributed by atoms with Crippen LogP contribution in [-0.4, -0.2) is 29.9 Å². The Morgan fingerprint density at radius 3 is 1.91 bits per heavy atom. The molecule has 0 N–H and O–H groups in total. The average molecular weight is 586 g/mol. The molecule has 2 unspecified atom stereocenters. The van der Waals surface area contributed by atoms with Gasteiger partial charge in [0.05, 0.1) is 6.10 Å². The molecule has 1 aliphatic rings. The third kappa shape index (κ3) is 5.10. The van der Waals surface area contributed by atoms with Crippen LogP contribution in [0.1, 0.15) is 58.6 Å². The maximum absolute atomic E-state index is 14.1. The van der Waals surface area contributed by atoms with Crippen LogP contribution in [-0.2, 0) is 9.47 Å². The molecule has 1 fully saturated rings. The number of halogens is 2. The normalized spacial score (nSPS) is 19.1. The lowest BCUT2D eigenvalue weighted by Gasteiger charge is -2.32. The van der Waals surface area contributed by atoms with Gasteiger partial charge in [-0.1, -0.05) is 99.8 Å². The molecule has 3 aromatic carbocycles. The van der Waals surface area contributed by atoms with E-state index in [1.165, 1.54) is 0 Å². The second kappa shape index (κ2) is 11.1. The van der Waals surface area contributed by atoms with Crippen molar-refractivity contribution in [3.63, 3.8) is 0 Å². The van der Waals surface area contributed by atoms with E-state index in [0.29, 0.717) is 24.2 Å². The first kappa shape index (κ1) is 25.0. The fourth-order valence-corrected chi connectivity index (χ4v) is 4.80. The minimum absolute atomic E-state index is 0.382. The molecule has 0 aliphatic carbocycles. The summed E-state index contributed by atoms with van der Waals surface area (Å²) in [6.07, 6.45) is 1.05. The van der Waals surface area contributed by atoms with Crippen LogP contribution in [0.5, 0.6) is 0 Å². The highest BCUT2D eigenvalue weighted by molar-refractivity contribution is 9.10. The van der Waals surface area contributed by atoms with E-state index >= 15 is 0 Å². The van der Waals surface area contributed by atoms with Gasteiger partial charge in [0.1, 0.15) is 6.10 Å². The van der Waals surface area contributed by atoms with Crippen molar-refractivity contribution in [2.75, 3.05) is 6.61 Å². The third-order valence-corrected chi connectivity index (χ3v) is 7.14. The van der Waals surface area contributed by atoms with E-state index in [1.54, 1.807) is 48.5 Å². The van der Waals surface area contributed by atoms with E-state index in [0.717, 1.165) is 27.4 Å². The van der Waals surface area contributed by atoms with Gasteiger partial charge in [-0.2, -0.15) is 0 Å². The minimum Gasteiger partial charge on any atom is -0.374 e. The highest BCUT2D eigenvalue weighted by Crippen LogP contribution is 2.45. The van der Waals surface area contributed by atoms with Crippen molar-refractivity contribution in [2.45, 2.75) is 44.0 Å². The second-order valence-electron chi connectivity index (χ2n) is 8.37. The molecule has 0 spiro atoms. The number of hydrogen-bond donors (Lipinski definition) is 0. The molecule has 0 aromatic heterocycles. The number of carbonyl (C=O) groups is 2. The zero-order chi connectivity index (χ0) is 24.1. The smallest absolute Gasteiger partial charge is 0.220 e. The van der Waals surface area contributed by atoms with Gasteiger partial charge < -0.3 is 9.47 Å². The summed E-state index contributed by atoms with van der Waals surface area (Å²) in [5.41, 5.74) is -0.0470. The van der Waals surface area contributed by atoms with Crippen LogP contribution in [0.15, 0.2) is 87.8 Å². The molecular formula is C28H26Br2O4. The minimum atomic E-state index is -1.78. The van der Waals surface area contributed by atoms with E-state index in [2.05, 4.69) is 38.8 Å². The summed E-state index contributed by atoms with van der Waals surface area (Å²) in [6.45, 7) is 2.53. The summed E-state index contributed by atoms with van der Waals surface area (Å²) in [6, 6.07) is 23.7. The summed E-state index contributed by atoms with van der Waals surface area (Å²) in [5, 5.41) is 0. The molecule has 1 aliphatic heterocycles. The number of carbonyl (C=O) groups excluding carboxylic acids is 2. The first-order chi connectivity index (χ1) is 16.5. The van der Waals surface area contributed by atoms with Crippen LogP contribution >= 0.6 is 31.9 Å². The Bertz CT molecular complexity index is 1070. The quantitative estimate of drug-likeness (QED) is 0.149. The molecule has 34 heavy (non-hydrogen) atoms. The Morgan fingerprint density at radius 2 is 1.41 bits per heavy atom. The van der Waals surface area contributed by atoms with Crippen LogP contribution in [0.25, 0.3) is 0 Å². The number of Topliss-reactive ketones (excluding diaryl/α,β-unsaturated/α-hetero) is 2. The molecule has 3 aromatic rings. The van der Waals surface area contributed by atoms with Crippen molar-refractivity contribution < 1.29 is 19.1 Å². The zero-order valence-corrected chi connectivity index (χ0v) is 22.0. The molecule has 0 radical (unpaired) electrons. The summed E-state index contributed by atoms with van der Waals surface area (Å²) in [4.78, 5) is 28.3. The maximum atomic E-state index is 14.1. The molecule has 4 rings (SSSR count). The van der Waals surface area contributed by atoms with Crippen LogP contribution in [0.2, 0.25) is 0 Å². The zero-order valence-electron chi connectivity index (χ0n) is 18.9. The molecule has 176 valence electrons. The Balaban J connectivity index is 1.83. The largest absolute Gasteiger partial charge is 0.374 e. The summed E-state index contributed by atoms with van der Waals surface area (Å²) < 4.78 is 14.5. The van der Waals surface area contributed by atoms with Gasteiger partial charge in [0, 0.05) is 33.1 Å². The summed E-state index contributed by atoms with van der Waals surface area (Å²) in [5.74, 6) is -0.763. The molecular weight excluding hydrogens is 560 g/mol. The van der Waals surface area contributed by atoms with Crippen molar-refractivity contribution in [3.8, 4) is 0 Å². The molecule has 0 bridgehead atoms. The van der Waals surface area contributed by atoms with Crippen LogP contribution in [0.3, 0.4) is 0 Å². The number of unbranched alkanes of at least 4 members (excludes halogenated alkanes) is 1. The fraction of sp³-hybridized carbons (Fsp3) is 0.286. The van der Waals surface area contributed by atoms with Crippen molar-refractivity contribution in [1.82, 2.24) is 0 Å². The van der Waals surface area contributed by atoms with E-state index in [4.69, 9.17) is 9.47 Å². The third-order valence-electron chi connectivity index (χ3n) is 6.09. The van der Waals surface area contributed by atoms with Crippen LogP contribution < -0.4 is 0 Å². The van der Waals surface area contributed by atoms with E-state index in [9.17, 15) is 9.59 Å². The monoisotopic (exact) mass is 584 g/mol. The van der Waals surface area contributed by atoms with E-state index in [1.807, 2.05) is 30.3 Å². The lowest BCUT2D eigenvalue weighted by atomic mass is 9.81. The standard InChI is InChI=1S/C28H26Br2O4/c1-2-3-17-33-25-18-24(19-7-5-4-6-8-19)34-28(25,26(31)20-9-13-22(29)14-10-20)27(32)21-11-15-23(30)16-12-21/h4-16,24-25H,2-3,17-18H2,1H3. The van der Waals surface area contributed by atoms with Gasteiger partial charge in [-0.3, -0.25) is 9.59 Å². The maximum Gasteiger partial charge on any atom is 0.220 e. The van der Waals surface area contributed by atoms with Crippen molar-refractivity contribution >= 4 is 43.4 Å². The van der Waals surface area contributed by atoms with Gasteiger partial charge in [0.2, 0.25) is 17.2 Å². The van der Waals surface area contributed by atoms with Gasteiger partial charge in [0.15, 0.2) is 0 Å². The van der Waals surface area contributed by atoms with Crippen LogP contribution in [0, 0.1) is 0 Å². The number of rotatable bonds is 9. The Kier molecular flexibility index (Phi) is 8.14. The number of hydrogen-bond acceptors (Lipinski definition) is 4. The van der Waals surface area contributed by atoms with Gasteiger partial charge in [-0.05, 0) is 36.2 Å². The van der Waals surface area contributed by atoms with E-state index < -0.39 is 17.8 Å². The first-order valence-electron chi connectivity index (χ1n) is 11.4. The molecule has 1 saturated heterocycles. The van der Waals surface area contributed by atoms with Crippen molar-refractivity contribution in [3.05, 3.63) is 104 Å². The number of benzene rings is 3. The van der Waals surface area contributed by atoms with Crippen molar-refractivity contribution in [2.24, 2.45) is 0 Å². The van der Waals surface area contributed by atoms with Gasteiger partial charge in [0.25, 0.3) is 0 Å². The molecule has 4 nitrogen and oxygen atoms in total. The predicted molar refractivity (Wildman–Crippen MR) is 139 cm³/mol. The average Bonchev–Trinajstić information content (AvgIpc) is 3.25. The second-order valence-corrected chi connectivity index (χ2v) is 10.2. The highest BCUT2D eigenvalue weighted by atomic mass is 79.9. The summed E-state index contributed by atoms with van der Waals surface area (Å²) >= 11 is 6.84. The molecule has 0 amide bonds. The Labute approximate surface area is 216 Å². The van der Waals surface area contributed by atoms with Crippen molar-refractivity contribution in [1.29, 1.82) is 0 Å². The molecule has 1 heterocycles. The summed E-state index contributed by atoms with van der Waals surface area (Å²) in [7, 11) is 0. The van der Waals surface area contributed by atoms with Gasteiger partial charge in [-0.25, -0.2) is 0 Å². The van der Waals surface area contributed by atoms with E-state index in [-0.39, 0.29) is 11.6 Å². The predicted octanol–water partition coefficient (Wildman–Crippen LogP) is 7.36. The lowest BCUT2D eigenvalue weighted by Crippen LogP contribution is -2.55. The van der Waals surface area contributed by atoms with Crippen LogP contribution in [0.4, 0.5) is 0 Å².